The van der Waals surface area contributed by atoms with E-state index in [0.717, 1.165) is 29.8 Å². The van der Waals surface area contributed by atoms with Gasteiger partial charge in [0.1, 0.15) is 17.5 Å². The SMILES string of the molecule is Cc1ccc(NC(=O)c2ccccc2)cc1OC1CCN(C(=O)c2cc(C3CC3)[nH]n2)CC1. The van der Waals surface area contributed by atoms with E-state index >= 15 is 0 Å². The third-order valence-corrected chi connectivity index (χ3v) is 6.34. The summed E-state index contributed by atoms with van der Waals surface area (Å²) >= 11 is 0. The molecule has 0 radical (unpaired) electrons. The van der Waals surface area contributed by atoms with Crippen molar-refractivity contribution in [3.63, 3.8) is 0 Å². The van der Waals surface area contributed by atoms with E-state index in [-0.39, 0.29) is 17.9 Å². The smallest absolute Gasteiger partial charge is 0.274 e. The van der Waals surface area contributed by atoms with Gasteiger partial charge in [0.2, 0.25) is 0 Å². The second-order valence-electron chi connectivity index (χ2n) is 8.89. The number of nitrogens with one attached hydrogen (secondary N) is 2. The molecule has 0 bridgehead atoms. The van der Waals surface area contributed by atoms with Crippen molar-refractivity contribution in [3.8, 4) is 5.75 Å². The summed E-state index contributed by atoms with van der Waals surface area (Å²) < 4.78 is 6.28. The summed E-state index contributed by atoms with van der Waals surface area (Å²) in [6.07, 6.45) is 3.88. The summed E-state index contributed by atoms with van der Waals surface area (Å²) in [5, 5.41) is 10.2. The van der Waals surface area contributed by atoms with E-state index in [1.807, 2.05) is 54.3 Å². The van der Waals surface area contributed by atoms with Gasteiger partial charge in [-0.1, -0.05) is 24.3 Å². The molecule has 5 rings (SSSR count). The average Bonchev–Trinajstić information content (AvgIpc) is 3.58. The van der Waals surface area contributed by atoms with E-state index in [9.17, 15) is 9.59 Å². The van der Waals surface area contributed by atoms with Crippen molar-refractivity contribution in [1.82, 2.24) is 15.1 Å². The van der Waals surface area contributed by atoms with Gasteiger partial charge in [-0.25, -0.2) is 0 Å². The number of anilines is 1. The molecule has 1 aliphatic heterocycles. The number of nitrogens with zero attached hydrogens (tertiary/aromatic N) is 2. The molecule has 7 nitrogen and oxygen atoms in total. The minimum absolute atomic E-state index is 0.0154. The quantitative estimate of drug-likeness (QED) is 0.585. The lowest BCUT2D eigenvalue weighted by molar-refractivity contribution is 0.0589. The maximum atomic E-state index is 12.8. The Kier molecular flexibility index (Phi) is 5.86. The molecule has 1 saturated carbocycles. The van der Waals surface area contributed by atoms with Gasteiger partial charge in [0.05, 0.1) is 0 Å². The maximum Gasteiger partial charge on any atom is 0.274 e. The summed E-state index contributed by atoms with van der Waals surface area (Å²) in [7, 11) is 0. The van der Waals surface area contributed by atoms with Gasteiger partial charge in [-0.15, -0.1) is 0 Å². The number of aryl methyl sites for hydroxylation is 1. The third-order valence-electron chi connectivity index (χ3n) is 6.34. The van der Waals surface area contributed by atoms with Gasteiger partial charge in [0.25, 0.3) is 11.8 Å². The highest BCUT2D eigenvalue weighted by Gasteiger charge is 2.29. The monoisotopic (exact) mass is 444 g/mol. The fourth-order valence-corrected chi connectivity index (χ4v) is 4.17. The van der Waals surface area contributed by atoms with Crippen LogP contribution in [0.2, 0.25) is 0 Å². The zero-order chi connectivity index (χ0) is 22.8. The maximum absolute atomic E-state index is 12.8. The molecule has 2 aromatic carbocycles. The number of hydrogen-bond acceptors (Lipinski definition) is 4. The van der Waals surface area contributed by atoms with E-state index in [4.69, 9.17) is 4.74 Å². The summed E-state index contributed by atoms with van der Waals surface area (Å²) in [5.74, 6) is 1.14. The van der Waals surface area contributed by atoms with E-state index < -0.39 is 0 Å². The molecule has 33 heavy (non-hydrogen) atoms. The molecular weight excluding hydrogens is 416 g/mol. The molecule has 1 aliphatic carbocycles. The van der Waals surface area contributed by atoms with Gasteiger partial charge in [-0.2, -0.15) is 5.10 Å². The van der Waals surface area contributed by atoms with Crippen LogP contribution in [0.4, 0.5) is 5.69 Å². The molecule has 0 atom stereocenters. The number of H-pyrrole nitrogens is 1. The Morgan fingerprint density at radius 3 is 2.52 bits per heavy atom. The van der Waals surface area contributed by atoms with Gasteiger partial charge in [0.15, 0.2) is 0 Å². The topological polar surface area (TPSA) is 87.3 Å². The Morgan fingerprint density at radius 1 is 1.03 bits per heavy atom. The van der Waals surface area contributed by atoms with Crippen molar-refractivity contribution in [2.45, 2.75) is 44.6 Å². The first-order valence-corrected chi connectivity index (χ1v) is 11.5. The molecule has 0 spiro atoms. The number of likely N-dealkylation sites (tertiary alicyclic amines) is 1. The van der Waals surface area contributed by atoms with Crippen molar-refractivity contribution in [1.29, 1.82) is 0 Å². The van der Waals surface area contributed by atoms with Gasteiger partial charge < -0.3 is 15.0 Å². The number of benzene rings is 2. The van der Waals surface area contributed by atoms with Crippen molar-refractivity contribution in [2.75, 3.05) is 18.4 Å². The van der Waals surface area contributed by atoms with Crippen LogP contribution < -0.4 is 10.1 Å². The molecule has 7 heteroatoms. The molecule has 0 unspecified atom stereocenters. The van der Waals surface area contributed by atoms with Crippen LogP contribution in [0, 0.1) is 6.92 Å². The normalized spacial score (nSPS) is 16.5. The van der Waals surface area contributed by atoms with Crippen LogP contribution in [0.5, 0.6) is 5.75 Å². The van der Waals surface area contributed by atoms with Crippen molar-refractivity contribution in [2.24, 2.45) is 0 Å². The highest BCUT2D eigenvalue weighted by Crippen LogP contribution is 2.39. The van der Waals surface area contributed by atoms with Crippen LogP contribution in [0.1, 0.15) is 63.7 Å². The third kappa shape index (κ3) is 4.92. The second-order valence-corrected chi connectivity index (χ2v) is 8.89. The highest BCUT2D eigenvalue weighted by atomic mass is 16.5. The van der Waals surface area contributed by atoms with Crippen molar-refractivity contribution >= 4 is 17.5 Å². The fraction of sp³-hybridized carbons (Fsp3) is 0.346. The molecule has 2 fully saturated rings. The molecule has 2 aliphatic rings. The predicted molar refractivity (Wildman–Crippen MR) is 126 cm³/mol. The second kappa shape index (κ2) is 9.10. The molecule has 3 aromatic rings. The Bertz CT molecular complexity index is 1150. The Morgan fingerprint density at radius 2 is 1.79 bits per heavy atom. The number of carbonyl (C=O) groups excluding carboxylic acids is 2. The van der Waals surface area contributed by atoms with E-state index in [1.165, 1.54) is 12.8 Å². The largest absolute Gasteiger partial charge is 0.490 e. The van der Waals surface area contributed by atoms with Gasteiger partial charge in [0, 0.05) is 54.9 Å². The highest BCUT2D eigenvalue weighted by molar-refractivity contribution is 6.04. The number of piperidine rings is 1. The Labute approximate surface area is 193 Å². The average molecular weight is 445 g/mol. The lowest BCUT2D eigenvalue weighted by Gasteiger charge is -2.32. The van der Waals surface area contributed by atoms with Crippen LogP contribution >= 0.6 is 0 Å². The zero-order valence-corrected chi connectivity index (χ0v) is 18.7. The fourth-order valence-electron chi connectivity index (χ4n) is 4.17. The van der Waals surface area contributed by atoms with Crippen molar-refractivity contribution in [3.05, 3.63) is 77.1 Å². The summed E-state index contributed by atoms with van der Waals surface area (Å²) in [5.41, 5.74) is 3.90. The first kappa shape index (κ1) is 21.2. The van der Waals surface area contributed by atoms with Gasteiger partial charge in [-0.3, -0.25) is 14.7 Å². The first-order valence-electron chi connectivity index (χ1n) is 11.5. The Hall–Kier alpha value is -3.61. The number of carbonyl (C=O) groups is 2. The van der Waals surface area contributed by atoms with E-state index in [2.05, 4.69) is 15.5 Å². The Balaban J connectivity index is 1.17. The molecule has 2 N–H and O–H groups in total. The molecular formula is C26H28N4O3. The minimum Gasteiger partial charge on any atom is -0.490 e. The summed E-state index contributed by atoms with van der Waals surface area (Å²) in [6, 6.07) is 16.7. The van der Waals surface area contributed by atoms with Crippen LogP contribution in [0.3, 0.4) is 0 Å². The van der Waals surface area contributed by atoms with Gasteiger partial charge in [-0.05, 0) is 49.6 Å². The number of aromatic nitrogens is 2. The molecule has 1 saturated heterocycles. The van der Waals surface area contributed by atoms with Crippen LogP contribution in [0.15, 0.2) is 54.6 Å². The number of hydrogen-bond donors (Lipinski definition) is 2. The van der Waals surface area contributed by atoms with E-state index in [1.54, 1.807) is 12.1 Å². The predicted octanol–water partition coefficient (Wildman–Crippen LogP) is 4.53. The minimum atomic E-state index is -0.152. The van der Waals surface area contributed by atoms with Crippen molar-refractivity contribution < 1.29 is 14.3 Å². The van der Waals surface area contributed by atoms with Gasteiger partial charge >= 0.3 is 0 Å². The van der Waals surface area contributed by atoms with Crippen LogP contribution in [-0.2, 0) is 0 Å². The number of aromatic amines is 1. The number of ether oxygens (including phenoxy) is 1. The number of amides is 2. The first-order chi connectivity index (χ1) is 16.1. The standard InChI is InChI=1S/C26H28N4O3/c1-17-7-10-20(27-25(31)19-5-3-2-4-6-19)15-24(17)33-21-11-13-30(14-12-21)26(32)23-16-22(28-29-23)18-8-9-18/h2-7,10,15-16,18,21H,8-9,11-14H2,1H3,(H,27,31)(H,28,29). The molecule has 170 valence electrons. The molecule has 2 heterocycles. The number of rotatable bonds is 6. The lowest BCUT2D eigenvalue weighted by atomic mass is 10.1. The van der Waals surface area contributed by atoms with Crippen LogP contribution in [0.25, 0.3) is 0 Å². The zero-order valence-electron chi connectivity index (χ0n) is 18.7. The molecule has 2 amide bonds. The summed E-state index contributed by atoms with van der Waals surface area (Å²) in [4.78, 5) is 27.1. The van der Waals surface area contributed by atoms with Crippen LogP contribution in [-0.4, -0.2) is 46.1 Å². The lowest BCUT2D eigenvalue weighted by Crippen LogP contribution is -2.42. The summed E-state index contributed by atoms with van der Waals surface area (Å²) in [6.45, 7) is 3.27. The molecule has 1 aromatic heterocycles. The van der Waals surface area contributed by atoms with E-state index in [0.29, 0.717) is 36.0 Å².